The van der Waals surface area contributed by atoms with Gasteiger partial charge in [-0.1, -0.05) is 11.8 Å². The van der Waals surface area contributed by atoms with Gasteiger partial charge in [0.15, 0.2) is 5.16 Å². The lowest BCUT2D eigenvalue weighted by Crippen LogP contribution is -2.22. The number of rotatable bonds is 6. The molecular formula is C16H18N4O3S. The molecule has 0 bridgehead atoms. The van der Waals surface area contributed by atoms with Crippen LogP contribution in [-0.4, -0.2) is 34.1 Å². The summed E-state index contributed by atoms with van der Waals surface area (Å²) < 4.78 is 5.18. The van der Waals surface area contributed by atoms with Gasteiger partial charge in [0.05, 0.1) is 18.0 Å². The van der Waals surface area contributed by atoms with Crippen molar-refractivity contribution in [2.24, 2.45) is 0 Å². The van der Waals surface area contributed by atoms with Gasteiger partial charge in [0.2, 0.25) is 11.8 Å². The Hall–Kier alpha value is -2.61. The number of hydrogen-bond acceptors (Lipinski definition) is 6. The highest BCUT2D eigenvalue weighted by atomic mass is 32.2. The second kappa shape index (κ2) is 8.30. The number of methoxy groups -OCH3 is 1. The highest BCUT2D eigenvalue weighted by Gasteiger charge is 2.16. The molecule has 1 heterocycles. The van der Waals surface area contributed by atoms with E-state index in [4.69, 9.17) is 4.74 Å². The second-order valence-electron chi connectivity index (χ2n) is 4.88. The van der Waals surface area contributed by atoms with Gasteiger partial charge < -0.3 is 15.4 Å². The van der Waals surface area contributed by atoms with E-state index in [0.717, 1.165) is 0 Å². The van der Waals surface area contributed by atoms with E-state index in [9.17, 15) is 9.59 Å². The number of amides is 2. The van der Waals surface area contributed by atoms with E-state index >= 15 is 0 Å². The van der Waals surface area contributed by atoms with Crippen molar-refractivity contribution in [2.75, 3.05) is 17.7 Å². The van der Waals surface area contributed by atoms with Crippen molar-refractivity contribution in [3.63, 3.8) is 0 Å². The van der Waals surface area contributed by atoms with Gasteiger partial charge >= 0.3 is 0 Å². The monoisotopic (exact) mass is 346 g/mol. The van der Waals surface area contributed by atoms with Gasteiger partial charge in [0.1, 0.15) is 5.75 Å². The Morgan fingerprint density at radius 1 is 1.21 bits per heavy atom. The SMILES string of the molecule is COc1ccc(NC(=O)[C@@H](C)Sc2ncccn2)cc1NC(C)=O. The molecule has 0 saturated heterocycles. The summed E-state index contributed by atoms with van der Waals surface area (Å²) in [4.78, 5) is 31.7. The zero-order valence-electron chi connectivity index (χ0n) is 13.6. The third-order valence-electron chi connectivity index (χ3n) is 2.97. The summed E-state index contributed by atoms with van der Waals surface area (Å²) in [6.07, 6.45) is 3.26. The minimum atomic E-state index is -0.376. The number of carbonyl (C=O) groups is 2. The maximum absolute atomic E-state index is 12.3. The first-order valence-corrected chi connectivity index (χ1v) is 8.07. The van der Waals surface area contributed by atoms with Crippen LogP contribution >= 0.6 is 11.8 Å². The number of aromatic nitrogens is 2. The van der Waals surface area contributed by atoms with Gasteiger partial charge in [0, 0.05) is 25.0 Å². The average molecular weight is 346 g/mol. The minimum Gasteiger partial charge on any atom is -0.495 e. The van der Waals surface area contributed by atoms with Crippen molar-refractivity contribution in [1.29, 1.82) is 0 Å². The first kappa shape index (κ1) is 17.7. The molecule has 2 rings (SSSR count). The Labute approximate surface area is 144 Å². The van der Waals surface area contributed by atoms with Gasteiger partial charge in [-0.2, -0.15) is 0 Å². The van der Waals surface area contributed by atoms with Crippen LogP contribution in [0.4, 0.5) is 11.4 Å². The average Bonchev–Trinajstić information content (AvgIpc) is 2.55. The Morgan fingerprint density at radius 3 is 2.54 bits per heavy atom. The maximum atomic E-state index is 12.3. The molecule has 8 heteroatoms. The molecular weight excluding hydrogens is 328 g/mol. The number of ether oxygens (including phenoxy) is 1. The predicted octanol–water partition coefficient (Wildman–Crippen LogP) is 2.56. The van der Waals surface area contributed by atoms with Crippen LogP contribution in [-0.2, 0) is 9.59 Å². The molecule has 0 fully saturated rings. The number of thioether (sulfide) groups is 1. The fourth-order valence-corrected chi connectivity index (χ4v) is 2.60. The molecule has 1 aromatic heterocycles. The molecule has 0 aliphatic heterocycles. The van der Waals surface area contributed by atoms with E-state index in [0.29, 0.717) is 22.3 Å². The van der Waals surface area contributed by atoms with E-state index in [1.165, 1.54) is 25.8 Å². The summed E-state index contributed by atoms with van der Waals surface area (Å²) in [5.41, 5.74) is 1.06. The summed E-state index contributed by atoms with van der Waals surface area (Å²) in [6.45, 7) is 3.18. The summed E-state index contributed by atoms with van der Waals surface area (Å²) >= 11 is 1.26. The summed E-state index contributed by atoms with van der Waals surface area (Å²) in [5.74, 6) is 0.108. The lowest BCUT2D eigenvalue weighted by atomic mass is 10.2. The molecule has 0 spiro atoms. The molecule has 1 atom stereocenters. The van der Waals surface area contributed by atoms with Gasteiger partial charge in [-0.05, 0) is 31.2 Å². The van der Waals surface area contributed by atoms with Crippen LogP contribution in [0, 0.1) is 0 Å². The van der Waals surface area contributed by atoms with Crippen LogP contribution < -0.4 is 15.4 Å². The molecule has 24 heavy (non-hydrogen) atoms. The van der Waals surface area contributed by atoms with Crippen LogP contribution in [0.2, 0.25) is 0 Å². The predicted molar refractivity (Wildman–Crippen MR) is 93.3 cm³/mol. The standard InChI is InChI=1S/C16H18N4O3S/c1-10(24-16-17-7-4-8-18-16)15(22)20-12-5-6-14(23-3)13(9-12)19-11(2)21/h4-10H,1-3H3,(H,19,21)(H,20,22)/t10-/m1/s1. The van der Waals surface area contributed by atoms with E-state index < -0.39 is 0 Å². The van der Waals surface area contributed by atoms with Crippen molar-refractivity contribution >= 4 is 35.0 Å². The highest BCUT2D eigenvalue weighted by Crippen LogP contribution is 2.28. The zero-order chi connectivity index (χ0) is 17.5. The van der Waals surface area contributed by atoms with Gasteiger partial charge in [-0.25, -0.2) is 9.97 Å². The van der Waals surface area contributed by atoms with Crippen LogP contribution in [0.3, 0.4) is 0 Å². The van der Waals surface area contributed by atoms with Gasteiger partial charge in [-0.3, -0.25) is 9.59 Å². The highest BCUT2D eigenvalue weighted by molar-refractivity contribution is 8.00. The smallest absolute Gasteiger partial charge is 0.237 e. The molecule has 0 radical (unpaired) electrons. The van der Waals surface area contributed by atoms with Crippen LogP contribution in [0.1, 0.15) is 13.8 Å². The maximum Gasteiger partial charge on any atom is 0.237 e. The summed E-state index contributed by atoms with van der Waals surface area (Å²) in [6, 6.07) is 6.75. The Balaban J connectivity index is 2.06. The first-order valence-electron chi connectivity index (χ1n) is 7.19. The van der Waals surface area contributed by atoms with E-state index in [1.54, 1.807) is 43.6 Å². The summed E-state index contributed by atoms with van der Waals surface area (Å²) in [7, 11) is 1.51. The van der Waals surface area contributed by atoms with Crippen molar-refractivity contribution in [3.8, 4) is 5.75 Å². The second-order valence-corrected chi connectivity index (χ2v) is 6.18. The molecule has 2 aromatic rings. The van der Waals surface area contributed by atoms with Gasteiger partial charge in [0.25, 0.3) is 0 Å². The zero-order valence-corrected chi connectivity index (χ0v) is 14.4. The molecule has 0 unspecified atom stereocenters. The molecule has 0 aliphatic rings. The number of benzene rings is 1. The normalized spacial score (nSPS) is 11.5. The van der Waals surface area contributed by atoms with Crippen molar-refractivity contribution in [1.82, 2.24) is 9.97 Å². The van der Waals surface area contributed by atoms with Crippen molar-refractivity contribution < 1.29 is 14.3 Å². The molecule has 0 aliphatic carbocycles. The van der Waals surface area contributed by atoms with Crippen LogP contribution in [0.25, 0.3) is 0 Å². The van der Waals surface area contributed by atoms with Crippen LogP contribution in [0.15, 0.2) is 41.8 Å². The van der Waals surface area contributed by atoms with Crippen molar-refractivity contribution in [3.05, 3.63) is 36.7 Å². The number of hydrogen-bond donors (Lipinski definition) is 2. The molecule has 126 valence electrons. The van der Waals surface area contributed by atoms with Crippen LogP contribution in [0.5, 0.6) is 5.75 Å². The summed E-state index contributed by atoms with van der Waals surface area (Å²) in [5, 5.41) is 5.63. The lowest BCUT2D eigenvalue weighted by molar-refractivity contribution is -0.115. The van der Waals surface area contributed by atoms with E-state index in [2.05, 4.69) is 20.6 Å². The van der Waals surface area contributed by atoms with E-state index in [1.807, 2.05) is 0 Å². The third-order valence-corrected chi connectivity index (χ3v) is 3.96. The molecule has 2 N–H and O–H groups in total. The number of carbonyl (C=O) groups excluding carboxylic acids is 2. The third kappa shape index (κ3) is 4.95. The molecule has 7 nitrogen and oxygen atoms in total. The number of nitrogens with one attached hydrogen (secondary N) is 2. The largest absolute Gasteiger partial charge is 0.495 e. The fraction of sp³-hybridized carbons (Fsp3) is 0.250. The van der Waals surface area contributed by atoms with Gasteiger partial charge in [-0.15, -0.1) is 0 Å². The molecule has 1 aromatic carbocycles. The Kier molecular flexibility index (Phi) is 6.14. The fourth-order valence-electron chi connectivity index (χ4n) is 1.87. The van der Waals surface area contributed by atoms with Crippen molar-refractivity contribution in [2.45, 2.75) is 24.3 Å². The Morgan fingerprint density at radius 2 is 1.92 bits per heavy atom. The molecule has 0 saturated carbocycles. The van der Waals surface area contributed by atoms with E-state index in [-0.39, 0.29) is 17.1 Å². The quantitative estimate of drug-likeness (QED) is 0.617. The minimum absolute atomic E-state index is 0.189. The molecule has 2 amide bonds. The Bertz CT molecular complexity index is 725. The first-order chi connectivity index (χ1) is 11.5. The topological polar surface area (TPSA) is 93.2 Å². The number of nitrogens with zero attached hydrogens (tertiary/aromatic N) is 2. The number of anilines is 2. The lowest BCUT2D eigenvalue weighted by Gasteiger charge is -2.14.